The van der Waals surface area contributed by atoms with Crippen molar-refractivity contribution in [2.75, 3.05) is 18.0 Å². The third kappa shape index (κ3) is 2.76. The third-order valence-corrected chi connectivity index (χ3v) is 6.43. The summed E-state index contributed by atoms with van der Waals surface area (Å²) in [6, 6.07) is 12.0. The SMILES string of the molecule is c1cncc(-c2noc([C@@H]3CC34CCN(c3ncnc5ccccc35)CC4)n2)c1. The molecular weight excluding hydrogens is 364 g/mol. The number of hydrogen-bond donors (Lipinski definition) is 0. The van der Waals surface area contributed by atoms with E-state index in [4.69, 9.17) is 4.52 Å². The zero-order valence-corrected chi connectivity index (χ0v) is 15.9. The van der Waals surface area contributed by atoms with Crippen molar-refractivity contribution < 1.29 is 4.52 Å². The van der Waals surface area contributed by atoms with Crippen molar-refractivity contribution in [2.24, 2.45) is 5.41 Å². The highest BCUT2D eigenvalue weighted by Crippen LogP contribution is 2.64. The van der Waals surface area contributed by atoms with Gasteiger partial charge in [0.1, 0.15) is 12.1 Å². The number of benzene rings is 1. The lowest BCUT2D eigenvalue weighted by Crippen LogP contribution is -2.35. The van der Waals surface area contributed by atoms with Crippen molar-refractivity contribution in [1.29, 1.82) is 0 Å². The van der Waals surface area contributed by atoms with Crippen LogP contribution in [0.5, 0.6) is 0 Å². The van der Waals surface area contributed by atoms with E-state index in [0.29, 0.717) is 11.7 Å². The van der Waals surface area contributed by atoms with Crippen LogP contribution in [0.15, 0.2) is 59.6 Å². The monoisotopic (exact) mass is 384 g/mol. The highest BCUT2D eigenvalue weighted by atomic mass is 16.5. The standard InChI is InChI=1S/C22H20N6O/c1-2-6-18-16(5-1)20(25-14-24-18)28-10-7-22(8-11-28)12-17(22)21-26-19(27-29-21)15-4-3-9-23-13-15/h1-6,9,13-14,17H,7-8,10-12H2/t17-/m0/s1. The Morgan fingerprint density at radius 1 is 1.03 bits per heavy atom. The average Bonchev–Trinajstić information content (AvgIpc) is 3.25. The number of pyridine rings is 1. The molecule has 0 bridgehead atoms. The normalized spacial score (nSPS) is 20.3. The van der Waals surface area contributed by atoms with Crippen molar-refractivity contribution in [3.05, 3.63) is 61.0 Å². The number of anilines is 1. The fourth-order valence-electron chi connectivity index (χ4n) is 4.64. The van der Waals surface area contributed by atoms with E-state index in [2.05, 4.69) is 36.1 Å². The molecule has 144 valence electrons. The molecule has 1 saturated carbocycles. The van der Waals surface area contributed by atoms with Crippen LogP contribution in [0.4, 0.5) is 5.82 Å². The molecule has 0 radical (unpaired) electrons. The van der Waals surface area contributed by atoms with Gasteiger partial charge in [-0.3, -0.25) is 4.98 Å². The molecule has 0 unspecified atom stereocenters. The molecule has 1 saturated heterocycles. The number of aromatic nitrogens is 5. The fraction of sp³-hybridized carbons (Fsp3) is 0.318. The van der Waals surface area contributed by atoms with E-state index in [1.807, 2.05) is 30.3 Å². The number of hydrogen-bond acceptors (Lipinski definition) is 7. The summed E-state index contributed by atoms with van der Waals surface area (Å²) >= 11 is 0. The largest absolute Gasteiger partial charge is 0.356 e. The van der Waals surface area contributed by atoms with Gasteiger partial charge in [-0.15, -0.1) is 0 Å². The maximum absolute atomic E-state index is 5.62. The summed E-state index contributed by atoms with van der Waals surface area (Å²) in [6.45, 7) is 1.97. The predicted molar refractivity (Wildman–Crippen MR) is 108 cm³/mol. The molecule has 7 heteroatoms. The summed E-state index contributed by atoms with van der Waals surface area (Å²) in [6.07, 6.45) is 8.53. The van der Waals surface area contributed by atoms with Gasteiger partial charge in [-0.2, -0.15) is 4.98 Å². The van der Waals surface area contributed by atoms with Gasteiger partial charge in [0.2, 0.25) is 11.7 Å². The second-order valence-corrected chi connectivity index (χ2v) is 8.02. The number of para-hydroxylation sites is 1. The van der Waals surface area contributed by atoms with Gasteiger partial charge >= 0.3 is 0 Å². The van der Waals surface area contributed by atoms with E-state index in [1.165, 1.54) is 0 Å². The van der Waals surface area contributed by atoms with Crippen LogP contribution in [-0.4, -0.2) is 38.2 Å². The Morgan fingerprint density at radius 2 is 1.93 bits per heavy atom. The molecule has 29 heavy (non-hydrogen) atoms. The molecule has 3 aromatic heterocycles. The average molecular weight is 384 g/mol. The number of piperidine rings is 1. The van der Waals surface area contributed by atoms with Gasteiger partial charge in [-0.05, 0) is 48.9 Å². The zero-order chi connectivity index (χ0) is 19.3. The molecule has 4 aromatic rings. The quantitative estimate of drug-likeness (QED) is 0.531. The maximum atomic E-state index is 5.62. The van der Waals surface area contributed by atoms with E-state index in [1.54, 1.807) is 18.7 Å². The molecule has 0 amide bonds. The van der Waals surface area contributed by atoms with Gasteiger partial charge in [0.05, 0.1) is 5.52 Å². The van der Waals surface area contributed by atoms with Gasteiger partial charge in [-0.1, -0.05) is 17.3 Å². The van der Waals surface area contributed by atoms with E-state index in [-0.39, 0.29) is 5.41 Å². The van der Waals surface area contributed by atoms with Crippen LogP contribution in [0.3, 0.4) is 0 Å². The summed E-state index contributed by atoms with van der Waals surface area (Å²) in [4.78, 5) is 20.1. The zero-order valence-electron chi connectivity index (χ0n) is 15.9. The van der Waals surface area contributed by atoms with E-state index < -0.39 is 0 Å². The fourth-order valence-corrected chi connectivity index (χ4v) is 4.64. The first kappa shape index (κ1) is 16.6. The Bertz CT molecular complexity index is 1160. The summed E-state index contributed by atoms with van der Waals surface area (Å²) in [5, 5.41) is 5.29. The van der Waals surface area contributed by atoms with Crippen LogP contribution < -0.4 is 4.90 Å². The van der Waals surface area contributed by atoms with Crippen LogP contribution in [0.1, 0.15) is 31.1 Å². The smallest absolute Gasteiger partial charge is 0.230 e. The van der Waals surface area contributed by atoms with Crippen molar-refractivity contribution >= 4 is 16.7 Å². The predicted octanol–water partition coefficient (Wildman–Crippen LogP) is 3.85. The Balaban J connectivity index is 1.18. The highest BCUT2D eigenvalue weighted by Gasteiger charge is 2.58. The molecule has 7 nitrogen and oxygen atoms in total. The number of rotatable bonds is 3. The van der Waals surface area contributed by atoms with Gasteiger partial charge in [-0.25, -0.2) is 9.97 Å². The Kier molecular flexibility index (Phi) is 3.62. The van der Waals surface area contributed by atoms with Crippen molar-refractivity contribution in [1.82, 2.24) is 25.1 Å². The first-order chi connectivity index (χ1) is 14.3. The highest BCUT2D eigenvalue weighted by molar-refractivity contribution is 5.89. The minimum atomic E-state index is 0.290. The molecule has 1 spiro atoms. The van der Waals surface area contributed by atoms with Gasteiger partial charge in [0.15, 0.2) is 0 Å². The lowest BCUT2D eigenvalue weighted by Gasteiger charge is -2.33. The minimum Gasteiger partial charge on any atom is -0.356 e. The third-order valence-electron chi connectivity index (χ3n) is 6.43. The maximum Gasteiger partial charge on any atom is 0.230 e. The number of nitrogens with zero attached hydrogens (tertiary/aromatic N) is 6. The minimum absolute atomic E-state index is 0.290. The van der Waals surface area contributed by atoms with Crippen molar-refractivity contribution in [3.63, 3.8) is 0 Å². The second kappa shape index (κ2) is 6.34. The lowest BCUT2D eigenvalue weighted by atomic mass is 9.90. The lowest BCUT2D eigenvalue weighted by molar-refractivity contribution is 0.326. The molecule has 1 aliphatic carbocycles. The topological polar surface area (TPSA) is 80.8 Å². The molecule has 1 aliphatic heterocycles. The molecule has 0 N–H and O–H groups in total. The summed E-state index contributed by atoms with van der Waals surface area (Å²) in [7, 11) is 0. The Hall–Kier alpha value is -3.35. The van der Waals surface area contributed by atoms with Crippen LogP contribution in [0.25, 0.3) is 22.3 Å². The van der Waals surface area contributed by atoms with Gasteiger partial charge in [0.25, 0.3) is 0 Å². The van der Waals surface area contributed by atoms with E-state index in [0.717, 1.165) is 60.5 Å². The van der Waals surface area contributed by atoms with Crippen molar-refractivity contribution in [3.8, 4) is 11.4 Å². The molecule has 1 atom stereocenters. The Labute approximate surface area is 167 Å². The second-order valence-electron chi connectivity index (χ2n) is 8.02. The Morgan fingerprint density at radius 3 is 2.79 bits per heavy atom. The van der Waals surface area contributed by atoms with Crippen LogP contribution in [0, 0.1) is 5.41 Å². The van der Waals surface area contributed by atoms with Crippen LogP contribution in [-0.2, 0) is 0 Å². The first-order valence-electron chi connectivity index (χ1n) is 10.0. The van der Waals surface area contributed by atoms with Gasteiger partial charge < -0.3 is 9.42 Å². The molecular formula is C22H20N6O. The van der Waals surface area contributed by atoms with Crippen molar-refractivity contribution in [2.45, 2.75) is 25.2 Å². The summed E-state index contributed by atoms with van der Waals surface area (Å²) in [5.41, 5.74) is 2.18. The van der Waals surface area contributed by atoms with Gasteiger partial charge in [0, 0.05) is 42.4 Å². The molecule has 6 rings (SSSR count). The molecule has 4 heterocycles. The molecule has 1 aromatic carbocycles. The van der Waals surface area contributed by atoms with E-state index in [9.17, 15) is 0 Å². The first-order valence-corrected chi connectivity index (χ1v) is 10.0. The number of fused-ring (bicyclic) bond motifs is 1. The summed E-state index contributed by atoms with van der Waals surface area (Å²) < 4.78 is 5.62. The molecule has 2 aliphatic rings. The molecule has 2 fully saturated rings. The summed E-state index contributed by atoms with van der Waals surface area (Å²) in [5.74, 6) is 2.80. The van der Waals surface area contributed by atoms with Crippen LogP contribution in [0.2, 0.25) is 0 Å². The van der Waals surface area contributed by atoms with Crippen LogP contribution >= 0.6 is 0 Å². The van der Waals surface area contributed by atoms with E-state index >= 15 is 0 Å².